The van der Waals surface area contributed by atoms with Crippen LogP contribution >= 0.6 is 0 Å². The van der Waals surface area contributed by atoms with E-state index in [1.807, 2.05) is 26.0 Å². The van der Waals surface area contributed by atoms with Crippen LogP contribution in [-0.2, 0) is 21.1 Å². The molecule has 0 radical (unpaired) electrons. The quantitative estimate of drug-likeness (QED) is 0.859. The number of carbonyl (C=O) groups excluding carboxylic acids is 1. The predicted octanol–water partition coefficient (Wildman–Crippen LogP) is 1.38. The van der Waals surface area contributed by atoms with Crippen molar-refractivity contribution in [1.82, 2.24) is 10.3 Å². The Morgan fingerprint density at radius 3 is 2.72 bits per heavy atom. The number of aryl methyl sites for hydroxylation is 3. The van der Waals surface area contributed by atoms with Gasteiger partial charge in [0.2, 0.25) is 5.91 Å². The van der Waals surface area contributed by atoms with Gasteiger partial charge in [-0.2, -0.15) is 0 Å². The Labute approximate surface area is 146 Å². The van der Waals surface area contributed by atoms with Gasteiger partial charge in [-0.25, -0.2) is 8.42 Å². The van der Waals surface area contributed by atoms with Gasteiger partial charge in [-0.3, -0.25) is 9.59 Å². The molecule has 1 fully saturated rings. The predicted molar refractivity (Wildman–Crippen MR) is 97.6 cm³/mol. The molecule has 0 aliphatic carbocycles. The van der Waals surface area contributed by atoms with Crippen LogP contribution in [0.3, 0.4) is 0 Å². The van der Waals surface area contributed by atoms with E-state index in [-0.39, 0.29) is 35.4 Å². The number of pyridine rings is 1. The lowest BCUT2D eigenvalue weighted by atomic mass is 10.0. The number of rotatable bonds is 4. The lowest BCUT2D eigenvalue weighted by Crippen LogP contribution is -2.35. The zero-order valence-electron chi connectivity index (χ0n) is 14.4. The largest absolute Gasteiger partial charge is 0.352 e. The molecular weight excluding hydrogens is 340 g/mol. The first-order chi connectivity index (χ1) is 11.7. The molecule has 3 rings (SSSR count). The first-order valence-corrected chi connectivity index (χ1v) is 10.2. The fraction of sp³-hybridized carbons (Fsp3) is 0.444. The molecule has 1 aromatic carbocycles. The molecule has 2 N–H and O–H groups in total. The van der Waals surface area contributed by atoms with E-state index >= 15 is 0 Å². The molecular formula is C18H22N2O4S. The smallest absolute Gasteiger partial charge is 0.251 e. The Bertz CT molecular complexity index is 992. The SMILES string of the molecule is Cc1cc(C)c2cc(CCC(=O)NC3CCS(=O)(=O)C3)c(=O)[nH]c2c1. The summed E-state index contributed by atoms with van der Waals surface area (Å²) in [4.78, 5) is 27.2. The third-order valence-electron chi connectivity index (χ3n) is 4.61. The van der Waals surface area contributed by atoms with E-state index in [0.29, 0.717) is 18.4 Å². The number of aromatic amines is 1. The molecule has 1 aromatic heterocycles. The van der Waals surface area contributed by atoms with E-state index in [9.17, 15) is 18.0 Å². The number of nitrogens with one attached hydrogen (secondary N) is 2. The summed E-state index contributed by atoms with van der Waals surface area (Å²) < 4.78 is 22.9. The van der Waals surface area contributed by atoms with E-state index < -0.39 is 9.84 Å². The molecule has 25 heavy (non-hydrogen) atoms. The lowest BCUT2D eigenvalue weighted by molar-refractivity contribution is -0.121. The van der Waals surface area contributed by atoms with Gasteiger partial charge in [0.1, 0.15) is 0 Å². The molecule has 0 saturated carbocycles. The first-order valence-electron chi connectivity index (χ1n) is 8.36. The van der Waals surface area contributed by atoms with Crippen LogP contribution in [0.4, 0.5) is 0 Å². The van der Waals surface area contributed by atoms with Crippen molar-refractivity contribution < 1.29 is 13.2 Å². The minimum atomic E-state index is -3.02. The molecule has 2 aromatic rings. The van der Waals surface area contributed by atoms with Gasteiger partial charge in [0.05, 0.1) is 11.5 Å². The van der Waals surface area contributed by atoms with E-state index in [4.69, 9.17) is 0 Å². The number of H-pyrrole nitrogens is 1. The summed E-state index contributed by atoms with van der Waals surface area (Å²) in [5.74, 6) is -0.0864. The molecule has 1 unspecified atom stereocenters. The number of fused-ring (bicyclic) bond motifs is 1. The van der Waals surface area contributed by atoms with E-state index in [1.54, 1.807) is 0 Å². The number of amides is 1. The molecule has 0 bridgehead atoms. The van der Waals surface area contributed by atoms with Crippen LogP contribution in [-0.4, -0.2) is 36.9 Å². The van der Waals surface area contributed by atoms with Crippen LogP contribution < -0.4 is 10.9 Å². The highest BCUT2D eigenvalue weighted by Gasteiger charge is 2.28. The average Bonchev–Trinajstić information content (AvgIpc) is 2.84. The van der Waals surface area contributed by atoms with Crippen LogP contribution in [0.1, 0.15) is 29.5 Å². The fourth-order valence-electron chi connectivity index (χ4n) is 3.36. The summed E-state index contributed by atoms with van der Waals surface area (Å²) in [6, 6.07) is 5.52. The third-order valence-corrected chi connectivity index (χ3v) is 6.38. The van der Waals surface area contributed by atoms with Gasteiger partial charge < -0.3 is 10.3 Å². The summed E-state index contributed by atoms with van der Waals surface area (Å²) in [6.07, 6.45) is 0.948. The van der Waals surface area contributed by atoms with Crippen LogP contribution in [0, 0.1) is 13.8 Å². The second kappa shape index (κ2) is 6.63. The zero-order valence-corrected chi connectivity index (χ0v) is 15.2. The Kier molecular flexibility index (Phi) is 4.69. The maximum absolute atomic E-state index is 12.2. The molecule has 1 amide bonds. The summed E-state index contributed by atoms with van der Waals surface area (Å²) in [5, 5.41) is 3.72. The Morgan fingerprint density at radius 1 is 1.28 bits per heavy atom. The van der Waals surface area contributed by atoms with Crippen LogP contribution in [0.25, 0.3) is 10.9 Å². The van der Waals surface area contributed by atoms with Gasteiger partial charge in [-0.15, -0.1) is 0 Å². The number of hydrogen-bond donors (Lipinski definition) is 2. The highest BCUT2D eigenvalue weighted by molar-refractivity contribution is 7.91. The van der Waals surface area contributed by atoms with Gasteiger partial charge in [0.25, 0.3) is 5.56 Å². The molecule has 1 aliphatic rings. The zero-order chi connectivity index (χ0) is 18.2. The van der Waals surface area contributed by atoms with E-state index in [0.717, 1.165) is 22.0 Å². The summed E-state index contributed by atoms with van der Waals surface area (Å²) in [7, 11) is -3.02. The second-order valence-electron chi connectivity index (χ2n) is 6.83. The number of carbonyl (C=O) groups is 1. The fourth-order valence-corrected chi connectivity index (χ4v) is 5.03. The molecule has 134 valence electrons. The van der Waals surface area contributed by atoms with E-state index in [2.05, 4.69) is 16.4 Å². The molecule has 1 saturated heterocycles. The molecule has 2 heterocycles. The van der Waals surface area contributed by atoms with Crippen molar-refractivity contribution in [1.29, 1.82) is 0 Å². The van der Waals surface area contributed by atoms with Crippen molar-refractivity contribution >= 4 is 26.6 Å². The van der Waals surface area contributed by atoms with Gasteiger partial charge in [0.15, 0.2) is 9.84 Å². The van der Waals surface area contributed by atoms with E-state index in [1.165, 1.54) is 0 Å². The normalized spacial score (nSPS) is 19.2. The summed E-state index contributed by atoms with van der Waals surface area (Å²) in [5.41, 5.74) is 3.33. The molecule has 1 aliphatic heterocycles. The monoisotopic (exact) mass is 362 g/mol. The maximum atomic E-state index is 12.2. The second-order valence-corrected chi connectivity index (χ2v) is 9.06. The molecule has 6 nitrogen and oxygen atoms in total. The maximum Gasteiger partial charge on any atom is 0.251 e. The van der Waals surface area contributed by atoms with Crippen LogP contribution in [0.2, 0.25) is 0 Å². The van der Waals surface area contributed by atoms with Gasteiger partial charge >= 0.3 is 0 Å². The van der Waals surface area contributed by atoms with Gasteiger partial charge in [-0.05, 0) is 49.9 Å². The third kappa shape index (κ3) is 4.10. The standard InChI is InChI=1S/C18H22N2O4S/c1-11-7-12(2)15-9-13(18(22)20-16(15)8-11)3-4-17(21)19-14-5-6-25(23,24)10-14/h7-9,14H,3-6,10H2,1-2H3,(H,19,21)(H,20,22). The minimum Gasteiger partial charge on any atom is -0.352 e. The van der Waals surface area contributed by atoms with Gasteiger partial charge in [-0.1, -0.05) is 6.07 Å². The van der Waals surface area contributed by atoms with Gasteiger partial charge in [0, 0.05) is 28.9 Å². The molecule has 0 spiro atoms. The van der Waals surface area contributed by atoms with Crippen molar-refractivity contribution in [2.24, 2.45) is 0 Å². The van der Waals surface area contributed by atoms with Crippen molar-refractivity contribution in [2.45, 2.75) is 39.2 Å². The Hall–Kier alpha value is -2.15. The van der Waals surface area contributed by atoms with Crippen molar-refractivity contribution in [3.05, 3.63) is 45.2 Å². The van der Waals surface area contributed by atoms with Crippen LogP contribution in [0.5, 0.6) is 0 Å². The topological polar surface area (TPSA) is 96.1 Å². The number of sulfone groups is 1. The highest BCUT2D eigenvalue weighted by Crippen LogP contribution is 2.19. The van der Waals surface area contributed by atoms with Crippen LogP contribution in [0.15, 0.2) is 23.0 Å². The van der Waals surface area contributed by atoms with Crippen molar-refractivity contribution in [3.63, 3.8) is 0 Å². The highest BCUT2D eigenvalue weighted by atomic mass is 32.2. The molecule has 7 heteroatoms. The van der Waals surface area contributed by atoms with Crippen molar-refractivity contribution in [3.8, 4) is 0 Å². The Morgan fingerprint density at radius 2 is 2.04 bits per heavy atom. The van der Waals surface area contributed by atoms with Crippen molar-refractivity contribution in [2.75, 3.05) is 11.5 Å². The lowest BCUT2D eigenvalue weighted by Gasteiger charge is -2.11. The number of hydrogen-bond acceptors (Lipinski definition) is 4. The average molecular weight is 362 g/mol. The molecule has 1 atom stereocenters. The number of aromatic nitrogens is 1. The Balaban J connectivity index is 1.70. The summed E-state index contributed by atoms with van der Waals surface area (Å²) >= 11 is 0. The minimum absolute atomic E-state index is 0.00778. The first kappa shape index (κ1) is 17.7. The number of benzene rings is 1. The summed E-state index contributed by atoms with van der Waals surface area (Å²) in [6.45, 7) is 3.97.